The molecule has 1 aromatic heterocycles. The van der Waals surface area contributed by atoms with Crippen molar-refractivity contribution < 1.29 is 37.0 Å². The van der Waals surface area contributed by atoms with Crippen molar-refractivity contribution in [3.63, 3.8) is 0 Å². The van der Waals surface area contributed by atoms with Gasteiger partial charge >= 0.3 is 12.3 Å². The minimum atomic E-state index is -3.80. The molecular formula is C19H14F3N3O5. The number of aromatic nitrogens is 1. The maximum atomic E-state index is 15.1. The number of hydrogen-bond acceptors (Lipinski definition) is 6. The molecule has 0 radical (unpaired) electrons. The number of halogens is 3. The van der Waals surface area contributed by atoms with Gasteiger partial charge in [-0.15, -0.1) is 8.78 Å². The molecule has 2 aromatic rings. The average Bonchev–Trinajstić information content (AvgIpc) is 3.33. The number of hydrogen-bond donors (Lipinski definition) is 1. The zero-order chi connectivity index (χ0) is 21.1. The Morgan fingerprint density at radius 1 is 1.10 bits per heavy atom. The summed E-state index contributed by atoms with van der Waals surface area (Å²) in [5.74, 6) is -2.64. The highest BCUT2D eigenvalue weighted by Crippen LogP contribution is 2.44. The molecule has 5 rings (SSSR count). The van der Waals surface area contributed by atoms with Gasteiger partial charge in [0.1, 0.15) is 11.3 Å². The zero-order valence-electron chi connectivity index (χ0n) is 15.3. The van der Waals surface area contributed by atoms with Crippen molar-refractivity contribution in [2.24, 2.45) is 0 Å². The number of nitrogens with zero attached hydrogens (tertiary/aromatic N) is 2. The highest BCUT2D eigenvalue weighted by Gasteiger charge is 2.53. The minimum Gasteiger partial charge on any atom is -0.436 e. The number of anilines is 1. The molecule has 2 fully saturated rings. The SMILES string of the molecule is O=C1NC2(CCCC2)C(=O)N1c1ccnc(Oc2ccc3c(c2)OC(F)(F)O3)c1F. The van der Waals surface area contributed by atoms with Gasteiger partial charge in [-0.2, -0.15) is 4.39 Å². The molecular weight excluding hydrogens is 407 g/mol. The second-order valence-electron chi connectivity index (χ2n) is 7.19. The van der Waals surface area contributed by atoms with E-state index in [1.54, 1.807) is 0 Å². The number of pyridine rings is 1. The van der Waals surface area contributed by atoms with E-state index in [9.17, 15) is 18.4 Å². The van der Waals surface area contributed by atoms with Crippen LogP contribution in [0.25, 0.3) is 0 Å². The molecule has 1 aromatic carbocycles. The third kappa shape index (κ3) is 2.80. The summed E-state index contributed by atoms with van der Waals surface area (Å²) in [6.45, 7) is 0. The number of carbonyl (C=O) groups excluding carboxylic acids is 2. The van der Waals surface area contributed by atoms with E-state index in [4.69, 9.17) is 4.74 Å². The summed E-state index contributed by atoms with van der Waals surface area (Å²) in [5.41, 5.74) is -1.31. The molecule has 30 heavy (non-hydrogen) atoms. The fraction of sp³-hybridized carbons (Fsp3) is 0.316. The molecule has 0 atom stereocenters. The Morgan fingerprint density at radius 2 is 1.83 bits per heavy atom. The molecule has 3 aliphatic rings. The summed E-state index contributed by atoms with van der Waals surface area (Å²) in [5, 5.41) is 2.67. The van der Waals surface area contributed by atoms with Crippen molar-refractivity contribution in [3.05, 3.63) is 36.3 Å². The molecule has 0 bridgehead atoms. The van der Waals surface area contributed by atoms with Crippen LogP contribution in [0.2, 0.25) is 0 Å². The van der Waals surface area contributed by atoms with E-state index in [1.165, 1.54) is 24.4 Å². The normalized spacial score (nSPS) is 20.7. The van der Waals surface area contributed by atoms with Gasteiger partial charge in [0.2, 0.25) is 5.82 Å². The second-order valence-corrected chi connectivity index (χ2v) is 7.19. The number of alkyl halides is 2. The second kappa shape index (κ2) is 6.25. The van der Waals surface area contributed by atoms with Crippen molar-refractivity contribution in [1.82, 2.24) is 10.3 Å². The zero-order valence-corrected chi connectivity index (χ0v) is 15.3. The summed E-state index contributed by atoms with van der Waals surface area (Å²) in [6, 6.07) is 4.00. The first-order valence-corrected chi connectivity index (χ1v) is 9.17. The van der Waals surface area contributed by atoms with Gasteiger partial charge in [-0.25, -0.2) is 14.7 Å². The van der Waals surface area contributed by atoms with Gasteiger partial charge in [-0.3, -0.25) is 4.79 Å². The van der Waals surface area contributed by atoms with Gasteiger partial charge in [-0.05, 0) is 31.0 Å². The van der Waals surface area contributed by atoms with Crippen LogP contribution in [0.3, 0.4) is 0 Å². The molecule has 1 spiro atoms. The van der Waals surface area contributed by atoms with Crippen LogP contribution in [0.15, 0.2) is 30.5 Å². The Kier molecular flexibility index (Phi) is 3.86. The fourth-order valence-corrected chi connectivity index (χ4v) is 3.92. The van der Waals surface area contributed by atoms with Crippen LogP contribution >= 0.6 is 0 Å². The maximum absolute atomic E-state index is 15.1. The lowest BCUT2D eigenvalue weighted by Gasteiger charge is -2.20. The molecule has 1 aliphatic carbocycles. The van der Waals surface area contributed by atoms with Crippen LogP contribution in [-0.4, -0.2) is 28.8 Å². The largest absolute Gasteiger partial charge is 0.586 e. The van der Waals surface area contributed by atoms with Crippen LogP contribution in [0.5, 0.6) is 23.1 Å². The molecule has 8 nitrogen and oxygen atoms in total. The molecule has 1 saturated carbocycles. The highest BCUT2D eigenvalue weighted by molar-refractivity contribution is 6.23. The highest BCUT2D eigenvalue weighted by atomic mass is 19.3. The lowest BCUT2D eigenvalue weighted by atomic mass is 9.98. The standard InChI is InChI=1S/C19H14F3N3O5/c20-14-11(25-16(26)18(24-17(25)27)6-1-2-7-18)5-8-23-15(14)28-10-3-4-12-13(9-10)30-19(21,22)29-12/h3-5,8-9H,1-2,6-7H2,(H,24,27). The summed E-state index contributed by atoms with van der Waals surface area (Å²) < 4.78 is 55.4. The maximum Gasteiger partial charge on any atom is 0.586 e. The van der Waals surface area contributed by atoms with E-state index in [2.05, 4.69) is 19.8 Å². The minimum absolute atomic E-state index is 0.0527. The number of urea groups is 1. The molecule has 11 heteroatoms. The molecule has 3 amide bonds. The van der Waals surface area contributed by atoms with Gasteiger partial charge in [0.25, 0.3) is 11.8 Å². The Morgan fingerprint density at radius 3 is 2.60 bits per heavy atom. The summed E-state index contributed by atoms with van der Waals surface area (Å²) in [6.07, 6.45) is -0.0660. The number of nitrogens with one attached hydrogen (secondary N) is 1. The lowest BCUT2D eigenvalue weighted by molar-refractivity contribution is -0.286. The van der Waals surface area contributed by atoms with Crippen LogP contribution in [-0.2, 0) is 4.79 Å². The number of amides is 3. The molecule has 156 valence electrons. The van der Waals surface area contributed by atoms with Gasteiger partial charge < -0.3 is 19.5 Å². The van der Waals surface area contributed by atoms with Crippen LogP contribution in [0.1, 0.15) is 25.7 Å². The first-order chi connectivity index (χ1) is 14.3. The Labute approximate surface area is 167 Å². The topological polar surface area (TPSA) is 90.0 Å². The predicted octanol–water partition coefficient (Wildman–Crippen LogP) is 3.70. The number of benzene rings is 1. The van der Waals surface area contributed by atoms with Crippen LogP contribution < -0.4 is 24.4 Å². The van der Waals surface area contributed by atoms with E-state index >= 15 is 4.39 Å². The molecule has 1 saturated heterocycles. The predicted molar refractivity (Wildman–Crippen MR) is 94.1 cm³/mol. The van der Waals surface area contributed by atoms with E-state index in [-0.39, 0.29) is 22.9 Å². The number of rotatable bonds is 3. The van der Waals surface area contributed by atoms with E-state index < -0.39 is 35.5 Å². The smallest absolute Gasteiger partial charge is 0.436 e. The van der Waals surface area contributed by atoms with Crippen LogP contribution in [0.4, 0.5) is 23.7 Å². The third-order valence-corrected chi connectivity index (χ3v) is 5.28. The van der Waals surface area contributed by atoms with Crippen molar-refractivity contribution in [1.29, 1.82) is 0 Å². The van der Waals surface area contributed by atoms with E-state index in [0.29, 0.717) is 12.8 Å². The van der Waals surface area contributed by atoms with Gasteiger partial charge in [-0.1, -0.05) is 12.8 Å². The quantitative estimate of drug-likeness (QED) is 0.761. The third-order valence-electron chi connectivity index (χ3n) is 5.28. The average molecular weight is 421 g/mol. The number of carbonyl (C=O) groups is 2. The van der Waals surface area contributed by atoms with Crippen molar-refractivity contribution in [2.45, 2.75) is 37.5 Å². The number of imide groups is 1. The molecule has 0 unspecified atom stereocenters. The summed E-state index contributed by atoms with van der Waals surface area (Å²) >= 11 is 0. The molecule has 1 N–H and O–H groups in total. The van der Waals surface area contributed by atoms with E-state index in [1.807, 2.05) is 0 Å². The van der Waals surface area contributed by atoms with Crippen molar-refractivity contribution in [3.8, 4) is 23.1 Å². The fourth-order valence-electron chi connectivity index (χ4n) is 3.92. The Bertz CT molecular complexity index is 1070. The Hall–Kier alpha value is -3.50. The van der Waals surface area contributed by atoms with Crippen molar-refractivity contribution in [2.75, 3.05) is 4.90 Å². The first-order valence-electron chi connectivity index (χ1n) is 9.17. The number of fused-ring (bicyclic) bond motifs is 1. The number of ether oxygens (including phenoxy) is 3. The monoisotopic (exact) mass is 421 g/mol. The van der Waals surface area contributed by atoms with Crippen LogP contribution in [0, 0.1) is 5.82 Å². The van der Waals surface area contributed by atoms with Gasteiger partial charge in [0, 0.05) is 12.3 Å². The van der Waals surface area contributed by atoms with Gasteiger partial charge in [0.05, 0.1) is 5.69 Å². The molecule has 3 heterocycles. The molecule has 2 aliphatic heterocycles. The summed E-state index contributed by atoms with van der Waals surface area (Å²) in [7, 11) is 0. The first kappa shape index (κ1) is 18.5. The lowest BCUT2D eigenvalue weighted by Crippen LogP contribution is -2.44. The Balaban J connectivity index is 1.44. The summed E-state index contributed by atoms with van der Waals surface area (Å²) in [4.78, 5) is 29.8. The van der Waals surface area contributed by atoms with Crippen molar-refractivity contribution >= 4 is 17.6 Å². The van der Waals surface area contributed by atoms with E-state index in [0.717, 1.165) is 23.8 Å². The van der Waals surface area contributed by atoms with Gasteiger partial charge in [0.15, 0.2) is 11.5 Å².